The van der Waals surface area contributed by atoms with Gasteiger partial charge in [-0.1, -0.05) is 42.5 Å². The van der Waals surface area contributed by atoms with E-state index >= 15 is 0 Å². The highest BCUT2D eigenvalue weighted by molar-refractivity contribution is 6.10. The summed E-state index contributed by atoms with van der Waals surface area (Å²) in [4.78, 5) is 12.3. The van der Waals surface area contributed by atoms with Crippen molar-refractivity contribution in [1.29, 1.82) is 0 Å². The van der Waals surface area contributed by atoms with Crippen LogP contribution >= 0.6 is 0 Å². The first-order chi connectivity index (χ1) is 10.2. The van der Waals surface area contributed by atoms with Gasteiger partial charge >= 0.3 is 0 Å². The number of benzene rings is 2. The summed E-state index contributed by atoms with van der Waals surface area (Å²) in [6.07, 6.45) is 3.17. The van der Waals surface area contributed by atoms with Crippen LogP contribution in [0.1, 0.15) is 40.4 Å². The standard InChI is InChI=1S/C18H16O3/c19-16-11-14(17(20)12-7-4-8-12)9-10-15(16)18(21)13-5-2-1-3-6-13/h1-3,5-7,9-11,17,19-20H,4,8H2. The van der Waals surface area contributed by atoms with Gasteiger partial charge in [0.25, 0.3) is 0 Å². The van der Waals surface area contributed by atoms with Crippen LogP contribution in [0.4, 0.5) is 0 Å². The Bertz CT molecular complexity index is 702. The van der Waals surface area contributed by atoms with Crippen LogP contribution in [0, 0.1) is 0 Å². The van der Waals surface area contributed by atoms with Crippen molar-refractivity contribution in [2.45, 2.75) is 18.9 Å². The van der Waals surface area contributed by atoms with E-state index in [-0.39, 0.29) is 17.1 Å². The van der Waals surface area contributed by atoms with E-state index in [4.69, 9.17) is 0 Å². The fourth-order valence-electron chi connectivity index (χ4n) is 2.43. The molecule has 0 aliphatic heterocycles. The largest absolute Gasteiger partial charge is 0.507 e. The SMILES string of the molecule is O=C(c1ccccc1)c1ccc(C(O)C2=CCC2)cc1O. The van der Waals surface area contributed by atoms with Gasteiger partial charge in [0.1, 0.15) is 11.9 Å². The Morgan fingerprint density at radius 2 is 1.81 bits per heavy atom. The number of phenolic OH excluding ortho intramolecular Hbond substituents is 1. The van der Waals surface area contributed by atoms with Crippen molar-refractivity contribution in [3.05, 3.63) is 76.9 Å². The van der Waals surface area contributed by atoms with Crippen LogP contribution in [0.5, 0.6) is 5.75 Å². The number of hydrogen-bond donors (Lipinski definition) is 2. The predicted octanol–water partition coefficient (Wildman–Crippen LogP) is 3.38. The summed E-state index contributed by atoms with van der Waals surface area (Å²) >= 11 is 0. The zero-order valence-corrected chi connectivity index (χ0v) is 11.5. The molecule has 1 unspecified atom stereocenters. The molecule has 0 heterocycles. The summed E-state index contributed by atoms with van der Waals surface area (Å²) in [5.74, 6) is -0.322. The zero-order valence-electron chi connectivity index (χ0n) is 11.5. The zero-order chi connectivity index (χ0) is 14.8. The highest BCUT2D eigenvalue weighted by Gasteiger charge is 2.20. The van der Waals surface area contributed by atoms with Gasteiger partial charge in [0, 0.05) is 5.56 Å². The van der Waals surface area contributed by atoms with Crippen molar-refractivity contribution in [3.63, 3.8) is 0 Å². The van der Waals surface area contributed by atoms with Gasteiger partial charge in [-0.05, 0) is 36.1 Å². The number of allylic oxidation sites excluding steroid dienone is 1. The Hall–Kier alpha value is -2.39. The highest BCUT2D eigenvalue weighted by Crippen LogP contribution is 2.34. The Balaban J connectivity index is 1.89. The summed E-state index contributed by atoms with van der Waals surface area (Å²) in [6.45, 7) is 0. The third-order valence-corrected chi connectivity index (χ3v) is 3.81. The smallest absolute Gasteiger partial charge is 0.196 e. The third kappa shape index (κ3) is 2.60. The van der Waals surface area contributed by atoms with E-state index in [1.165, 1.54) is 6.07 Å². The van der Waals surface area contributed by atoms with E-state index in [0.717, 1.165) is 18.4 Å². The maximum Gasteiger partial charge on any atom is 0.196 e. The van der Waals surface area contributed by atoms with E-state index < -0.39 is 6.10 Å². The molecule has 21 heavy (non-hydrogen) atoms. The molecule has 3 rings (SSSR count). The minimum Gasteiger partial charge on any atom is -0.507 e. The molecule has 0 aromatic heterocycles. The molecule has 1 aliphatic rings. The minimum absolute atomic E-state index is 0.0969. The Morgan fingerprint density at radius 1 is 1.10 bits per heavy atom. The summed E-state index contributed by atoms with van der Waals surface area (Å²) in [5.41, 5.74) is 2.36. The number of aliphatic hydroxyl groups excluding tert-OH is 1. The number of rotatable bonds is 4. The van der Waals surface area contributed by atoms with E-state index in [1.54, 1.807) is 36.4 Å². The average molecular weight is 280 g/mol. The lowest BCUT2D eigenvalue weighted by atomic mass is 9.89. The van der Waals surface area contributed by atoms with E-state index in [2.05, 4.69) is 0 Å². The minimum atomic E-state index is -0.689. The first kappa shape index (κ1) is 13.6. The molecule has 3 heteroatoms. The van der Waals surface area contributed by atoms with Crippen molar-refractivity contribution in [2.24, 2.45) is 0 Å². The average Bonchev–Trinajstić information content (AvgIpc) is 2.45. The lowest BCUT2D eigenvalue weighted by Gasteiger charge is -2.21. The number of aliphatic hydroxyl groups is 1. The summed E-state index contributed by atoms with van der Waals surface area (Å²) in [7, 11) is 0. The Kier molecular flexibility index (Phi) is 3.59. The molecular formula is C18H16O3. The first-order valence-electron chi connectivity index (χ1n) is 6.96. The van der Waals surface area contributed by atoms with Gasteiger partial charge < -0.3 is 10.2 Å². The molecule has 2 N–H and O–H groups in total. The van der Waals surface area contributed by atoms with Crippen LogP contribution in [0.15, 0.2) is 60.2 Å². The number of ketones is 1. The number of hydrogen-bond acceptors (Lipinski definition) is 3. The third-order valence-electron chi connectivity index (χ3n) is 3.81. The van der Waals surface area contributed by atoms with Gasteiger partial charge in [-0.3, -0.25) is 4.79 Å². The fraction of sp³-hybridized carbons (Fsp3) is 0.167. The number of phenols is 1. The Morgan fingerprint density at radius 3 is 2.38 bits per heavy atom. The van der Waals surface area contributed by atoms with Crippen LogP contribution < -0.4 is 0 Å². The summed E-state index contributed by atoms with van der Waals surface area (Å²) < 4.78 is 0. The molecule has 1 atom stereocenters. The van der Waals surface area contributed by atoms with Crippen LogP contribution in [0.3, 0.4) is 0 Å². The monoisotopic (exact) mass is 280 g/mol. The molecule has 106 valence electrons. The topological polar surface area (TPSA) is 57.5 Å². The molecule has 0 saturated carbocycles. The van der Waals surface area contributed by atoms with Crippen LogP contribution in [0.2, 0.25) is 0 Å². The fourth-order valence-corrected chi connectivity index (χ4v) is 2.43. The van der Waals surface area contributed by atoms with Crippen LogP contribution in [0.25, 0.3) is 0 Å². The van der Waals surface area contributed by atoms with Crippen molar-refractivity contribution in [2.75, 3.05) is 0 Å². The maximum absolute atomic E-state index is 12.3. The van der Waals surface area contributed by atoms with E-state index in [0.29, 0.717) is 11.1 Å². The van der Waals surface area contributed by atoms with Crippen molar-refractivity contribution < 1.29 is 15.0 Å². The second kappa shape index (κ2) is 5.54. The van der Waals surface area contributed by atoms with Gasteiger partial charge in [0.2, 0.25) is 0 Å². The molecule has 3 nitrogen and oxygen atoms in total. The van der Waals surface area contributed by atoms with Gasteiger partial charge in [-0.15, -0.1) is 0 Å². The van der Waals surface area contributed by atoms with Gasteiger partial charge in [-0.2, -0.15) is 0 Å². The molecule has 0 radical (unpaired) electrons. The number of carbonyl (C=O) groups is 1. The highest BCUT2D eigenvalue weighted by atomic mass is 16.3. The summed E-state index contributed by atoms with van der Waals surface area (Å²) in [6, 6.07) is 13.6. The van der Waals surface area contributed by atoms with Gasteiger partial charge in [0.05, 0.1) is 5.56 Å². The first-order valence-corrected chi connectivity index (χ1v) is 6.96. The molecule has 0 saturated heterocycles. The predicted molar refractivity (Wildman–Crippen MR) is 80.3 cm³/mol. The van der Waals surface area contributed by atoms with Crippen molar-refractivity contribution in [3.8, 4) is 5.75 Å². The quantitative estimate of drug-likeness (QED) is 0.667. The van der Waals surface area contributed by atoms with E-state index in [9.17, 15) is 15.0 Å². The second-order valence-corrected chi connectivity index (χ2v) is 5.19. The molecular weight excluding hydrogens is 264 g/mol. The molecule has 0 spiro atoms. The van der Waals surface area contributed by atoms with Crippen LogP contribution in [-0.4, -0.2) is 16.0 Å². The molecule has 2 aromatic carbocycles. The second-order valence-electron chi connectivity index (χ2n) is 5.19. The molecule has 0 fully saturated rings. The lowest BCUT2D eigenvalue weighted by Crippen LogP contribution is -2.08. The Labute approximate surface area is 123 Å². The molecule has 2 aromatic rings. The number of carbonyl (C=O) groups excluding carboxylic acids is 1. The maximum atomic E-state index is 12.3. The van der Waals surface area contributed by atoms with Crippen molar-refractivity contribution in [1.82, 2.24) is 0 Å². The number of aromatic hydroxyl groups is 1. The van der Waals surface area contributed by atoms with Crippen LogP contribution in [-0.2, 0) is 0 Å². The van der Waals surface area contributed by atoms with Gasteiger partial charge in [0.15, 0.2) is 5.78 Å². The van der Waals surface area contributed by atoms with Crippen molar-refractivity contribution >= 4 is 5.78 Å². The molecule has 0 amide bonds. The van der Waals surface area contributed by atoms with E-state index in [1.807, 2.05) is 12.1 Å². The lowest BCUT2D eigenvalue weighted by molar-refractivity contribution is 0.103. The molecule has 0 bridgehead atoms. The van der Waals surface area contributed by atoms with Gasteiger partial charge in [-0.25, -0.2) is 0 Å². The normalized spacial score (nSPS) is 15.0. The molecule has 1 aliphatic carbocycles. The summed E-state index contributed by atoms with van der Waals surface area (Å²) in [5, 5.41) is 20.2.